The molecule has 6 heteroatoms. The third kappa shape index (κ3) is 2.06. The van der Waals surface area contributed by atoms with Gasteiger partial charge in [-0.2, -0.15) is 0 Å². The first kappa shape index (κ1) is 11.1. The largest absolute Gasteiger partial charge is 0.423 e. The lowest BCUT2D eigenvalue weighted by atomic mass is 10.2. The third-order valence-corrected chi connectivity index (χ3v) is 3.13. The molecule has 0 aliphatic rings. The van der Waals surface area contributed by atoms with Crippen LogP contribution in [0.2, 0.25) is 0 Å². The fourth-order valence-corrected chi connectivity index (χ4v) is 2.03. The molecule has 86 valence electrons. The van der Waals surface area contributed by atoms with Crippen molar-refractivity contribution in [3.63, 3.8) is 0 Å². The number of aromatic nitrogens is 3. The highest BCUT2D eigenvalue weighted by molar-refractivity contribution is 7.07. The van der Waals surface area contributed by atoms with Crippen LogP contribution in [-0.4, -0.2) is 14.8 Å². The average Bonchev–Trinajstić information content (AvgIpc) is 2.80. The van der Waals surface area contributed by atoms with E-state index in [1.807, 2.05) is 26.2 Å². The predicted octanol–water partition coefficient (Wildman–Crippen LogP) is 1.77. The van der Waals surface area contributed by atoms with Crippen molar-refractivity contribution in [2.24, 2.45) is 0 Å². The summed E-state index contributed by atoms with van der Waals surface area (Å²) in [5, 5.41) is 9.67. The maximum atomic E-state index is 11.5. The van der Waals surface area contributed by atoms with E-state index in [1.54, 1.807) is 4.57 Å². The highest BCUT2D eigenvalue weighted by atomic mass is 32.1. The van der Waals surface area contributed by atoms with Gasteiger partial charge in [0.25, 0.3) is 0 Å². The van der Waals surface area contributed by atoms with Crippen LogP contribution < -0.4 is 4.87 Å². The first-order chi connectivity index (χ1) is 7.58. The molecule has 16 heavy (non-hydrogen) atoms. The molecule has 0 atom stereocenters. The summed E-state index contributed by atoms with van der Waals surface area (Å²) in [4.78, 5) is 11.5. The second-order valence-electron chi connectivity index (χ2n) is 3.92. The minimum atomic E-state index is 0.00166. The summed E-state index contributed by atoms with van der Waals surface area (Å²) in [6, 6.07) is 0. The maximum absolute atomic E-state index is 11.5. The van der Waals surface area contributed by atoms with Crippen LogP contribution in [0.4, 0.5) is 0 Å². The number of nitrogens with zero attached hydrogens (tertiary/aromatic N) is 3. The predicted molar refractivity (Wildman–Crippen MR) is 60.8 cm³/mol. The van der Waals surface area contributed by atoms with Gasteiger partial charge >= 0.3 is 4.87 Å². The van der Waals surface area contributed by atoms with Gasteiger partial charge in [0, 0.05) is 17.0 Å². The van der Waals surface area contributed by atoms with E-state index < -0.39 is 0 Å². The summed E-state index contributed by atoms with van der Waals surface area (Å²) < 4.78 is 7.08. The fourth-order valence-electron chi connectivity index (χ4n) is 1.30. The molecule has 0 saturated carbocycles. The lowest BCUT2D eigenvalue weighted by molar-refractivity contribution is 0.420. The lowest BCUT2D eigenvalue weighted by Gasteiger charge is -1.99. The smallest absolute Gasteiger partial charge is 0.307 e. The van der Waals surface area contributed by atoms with E-state index in [4.69, 9.17) is 4.42 Å². The molecule has 2 aromatic heterocycles. The van der Waals surface area contributed by atoms with E-state index in [1.165, 1.54) is 11.3 Å². The Bertz CT molecular complexity index is 538. The summed E-state index contributed by atoms with van der Waals surface area (Å²) in [5.41, 5.74) is 0.916. The summed E-state index contributed by atoms with van der Waals surface area (Å²) in [6.45, 7) is 6.21. The van der Waals surface area contributed by atoms with E-state index in [2.05, 4.69) is 10.2 Å². The second kappa shape index (κ2) is 4.21. The van der Waals surface area contributed by atoms with Gasteiger partial charge in [0.1, 0.15) is 6.54 Å². The van der Waals surface area contributed by atoms with Crippen LogP contribution in [0.5, 0.6) is 0 Å². The van der Waals surface area contributed by atoms with Crippen molar-refractivity contribution < 1.29 is 4.42 Å². The van der Waals surface area contributed by atoms with E-state index in [0.29, 0.717) is 18.3 Å². The number of thiazole rings is 1. The van der Waals surface area contributed by atoms with Gasteiger partial charge in [0.05, 0.1) is 0 Å². The fraction of sp³-hybridized carbons (Fsp3) is 0.500. The Balaban J connectivity index is 2.24. The Kier molecular flexibility index (Phi) is 2.91. The van der Waals surface area contributed by atoms with Crippen molar-refractivity contribution in [1.29, 1.82) is 0 Å². The highest BCUT2D eigenvalue weighted by Gasteiger charge is 2.11. The molecule has 0 bridgehead atoms. The lowest BCUT2D eigenvalue weighted by Crippen LogP contribution is -2.15. The minimum absolute atomic E-state index is 0.00166. The van der Waals surface area contributed by atoms with Gasteiger partial charge in [-0.3, -0.25) is 9.36 Å². The molecule has 0 unspecified atom stereocenters. The molecule has 0 aliphatic carbocycles. The van der Waals surface area contributed by atoms with Crippen LogP contribution in [0.25, 0.3) is 0 Å². The monoisotopic (exact) mass is 239 g/mol. The topological polar surface area (TPSA) is 60.9 Å². The van der Waals surface area contributed by atoms with Gasteiger partial charge in [-0.1, -0.05) is 25.2 Å². The Morgan fingerprint density at radius 3 is 2.75 bits per heavy atom. The molecule has 0 saturated heterocycles. The maximum Gasteiger partial charge on any atom is 0.307 e. The number of aryl methyl sites for hydroxylation is 1. The Morgan fingerprint density at radius 1 is 1.50 bits per heavy atom. The molecule has 0 fully saturated rings. The van der Waals surface area contributed by atoms with Gasteiger partial charge in [-0.05, 0) is 6.92 Å². The molecule has 2 heterocycles. The Morgan fingerprint density at radius 2 is 2.25 bits per heavy atom. The van der Waals surface area contributed by atoms with Gasteiger partial charge in [-0.15, -0.1) is 10.2 Å². The van der Waals surface area contributed by atoms with Gasteiger partial charge < -0.3 is 4.42 Å². The summed E-state index contributed by atoms with van der Waals surface area (Å²) in [6.07, 6.45) is 0. The number of hydrogen-bond acceptors (Lipinski definition) is 5. The van der Waals surface area contributed by atoms with Crippen LogP contribution in [0, 0.1) is 6.92 Å². The minimum Gasteiger partial charge on any atom is -0.423 e. The zero-order chi connectivity index (χ0) is 11.7. The number of hydrogen-bond donors (Lipinski definition) is 0. The van der Waals surface area contributed by atoms with Crippen LogP contribution in [-0.2, 0) is 6.54 Å². The van der Waals surface area contributed by atoms with E-state index in [9.17, 15) is 4.79 Å². The van der Waals surface area contributed by atoms with Crippen molar-refractivity contribution in [3.8, 4) is 0 Å². The summed E-state index contributed by atoms with van der Waals surface area (Å²) in [5.74, 6) is 1.30. The molecule has 0 aromatic carbocycles. The summed E-state index contributed by atoms with van der Waals surface area (Å²) in [7, 11) is 0. The Labute approximate surface area is 96.7 Å². The molecule has 2 aromatic rings. The van der Waals surface area contributed by atoms with Crippen LogP contribution in [0.15, 0.2) is 14.6 Å². The van der Waals surface area contributed by atoms with Gasteiger partial charge in [0.2, 0.25) is 11.8 Å². The van der Waals surface area contributed by atoms with Gasteiger partial charge in [-0.25, -0.2) is 0 Å². The SMILES string of the molecule is Cc1csc(=O)n1Cc1nnc(C(C)C)o1. The normalized spacial score (nSPS) is 11.2. The van der Waals surface area contributed by atoms with Crippen molar-refractivity contribution in [2.45, 2.75) is 33.2 Å². The van der Waals surface area contributed by atoms with Crippen molar-refractivity contribution >= 4 is 11.3 Å². The molecule has 0 spiro atoms. The quantitative estimate of drug-likeness (QED) is 0.819. The van der Waals surface area contributed by atoms with E-state index >= 15 is 0 Å². The van der Waals surface area contributed by atoms with Crippen molar-refractivity contribution in [2.75, 3.05) is 0 Å². The number of rotatable bonds is 3. The third-order valence-electron chi connectivity index (χ3n) is 2.25. The molecular formula is C10H13N3O2S. The molecule has 0 N–H and O–H groups in total. The molecule has 0 radical (unpaired) electrons. The second-order valence-corrected chi connectivity index (χ2v) is 4.74. The molecule has 0 aliphatic heterocycles. The highest BCUT2D eigenvalue weighted by Crippen LogP contribution is 2.13. The first-order valence-corrected chi connectivity index (χ1v) is 5.93. The molecule has 5 nitrogen and oxygen atoms in total. The van der Waals surface area contributed by atoms with Crippen LogP contribution >= 0.6 is 11.3 Å². The molecular weight excluding hydrogens is 226 g/mol. The van der Waals surface area contributed by atoms with Gasteiger partial charge in [0.15, 0.2) is 0 Å². The van der Waals surface area contributed by atoms with Crippen LogP contribution in [0.3, 0.4) is 0 Å². The summed E-state index contributed by atoms with van der Waals surface area (Å²) >= 11 is 1.18. The zero-order valence-electron chi connectivity index (χ0n) is 9.43. The average molecular weight is 239 g/mol. The van der Waals surface area contributed by atoms with E-state index in [-0.39, 0.29) is 10.8 Å². The standard InChI is InChI=1S/C10H13N3O2S/c1-6(2)9-12-11-8(15-9)4-13-7(3)5-16-10(13)14/h5-6H,4H2,1-3H3. The first-order valence-electron chi connectivity index (χ1n) is 5.05. The Hall–Kier alpha value is -1.43. The van der Waals surface area contributed by atoms with Crippen molar-refractivity contribution in [3.05, 3.63) is 32.5 Å². The zero-order valence-corrected chi connectivity index (χ0v) is 10.2. The van der Waals surface area contributed by atoms with Crippen molar-refractivity contribution in [1.82, 2.24) is 14.8 Å². The van der Waals surface area contributed by atoms with E-state index in [0.717, 1.165) is 5.69 Å². The van der Waals surface area contributed by atoms with Crippen LogP contribution in [0.1, 0.15) is 37.2 Å². The molecule has 0 amide bonds. The molecule has 2 rings (SSSR count).